The number of hydrogen-bond donors (Lipinski definition) is 1. The van der Waals surface area contributed by atoms with Gasteiger partial charge in [-0.05, 0) is 32.2 Å². The van der Waals surface area contributed by atoms with Crippen molar-refractivity contribution in [3.63, 3.8) is 0 Å². The first-order valence-corrected chi connectivity index (χ1v) is 6.65. The van der Waals surface area contributed by atoms with E-state index in [9.17, 15) is 0 Å². The lowest BCUT2D eigenvalue weighted by molar-refractivity contribution is 0.376. The lowest BCUT2D eigenvalue weighted by atomic mass is 9.93. The van der Waals surface area contributed by atoms with Crippen LogP contribution < -0.4 is 10.6 Å². The van der Waals surface area contributed by atoms with Crippen LogP contribution in [0.1, 0.15) is 38.7 Å². The highest BCUT2D eigenvalue weighted by atomic mass is 15.2. The number of rotatable bonds is 6. The highest BCUT2D eigenvalue weighted by Crippen LogP contribution is 2.20. The monoisotopic (exact) mass is 250 g/mol. The normalized spacial score (nSPS) is 11.7. The van der Waals surface area contributed by atoms with Crippen molar-refractivity contribution in [2.45, 2.75) is 41.0 Å². The first-order chi connectivity index (χ1) is 8.38. The van der Waals surface area contributed by atoms with E-state index < -0.39 is 0 Å². The molecule has 0 saturated heterocycles. The summed E-state index contributed by atoms with van der Waals surface area (Å²) < 4.78 is 0. The number of aryl methyl sites for hydroxylation is 2. The van der Waals surface area contributed by atoms with Crippen LogP contribution in [0.2, 0.25) is 0 Å². The Kier molecular flexibility index (Phi) is 5.08. The van der Waals surface area contributed by atoms with Gasteiger partial charge >= 0.3 is 0 Å². The molecule has 0 aliphatic heterocycles. The van der Waals surface area contributed by atoms with E-state index in [1.165, 1.54) is 0 Å². The molecule has 0 aliphatic rings. The zero-order valence-corrected chi connectivity index (χ0v) is 12.3. The molecule has 1 aromatic rings. The Hall–Kier alpha value is -1.16. The van der Waals surface area contributed by atoms with Crippen molar-refractivity contribution >= 4 is 5.82 Å². The van der Waals surface area contributed by atoms with E-state index in [0.717, 1.165) is 36.8 Å². The van der Waals surface area contributed by atoms with E-state index in [1.807, 2.05) is 13.8 Å². The second-order valence-electron chi connectivity index (χ2n) is 5.70. The van der Waals surface area contributed by atoms with E-state index in [0.29, 0.717) is 6.54 Å². The van der Waals surface area contributed by atoms with E-state index in [4.69, 9.17) is 5.73 Å². The van der Waals surface area contributed by atoms with Crippen molar-refractivity contribution in [1.29, 1.82) is 0 Å². The summed E-state index contributed by atoms with van der Waals surface area (Å²) in [4.78, 5) is 11.2. The van der Waals surface area contributed by atoms with E-state index in [-0.39, 0.29) is 5.41 Å². The molecule has 1 heterocycles. The van der Waals surface area contributed by atoms with E-state index in [2.05, 4.69) is 41.7 Å². The second-order valence-corrected chi connectivity index (χ2v) is 5.70. The molecule has 0 saturated carbocycles. The SMILES string of the molecule is CCCN(CC(C)(C)CN)c1cc(C)nc(C)n1. The van der Waals surface area contributed by atoms with Gasteiger partial charge in [0.2, 0.25) is 0 Å². The fourth-order valence-corrected chi connectivity index (χ4v) is 1.99. The van der Waals surface area contributed by atoms with Crippen LogP contribution in [0.3, 0.4) is 0 Å². The molecule has 2 N–H and O–H groups in total. The summed E-state index contributed by atoms with van der Waals surface area (Å²) in [7, 11) is 0. The minimum absolute atomic E-state index is 0.0991. The number of hydrogen-bond acceptors (Lipinski definition) is 4. The maximum atomic E-state index is 5.83. The van der Waals surface area contributed by atoms with Crippen molar-refractivity contribution in [3.8, 4) is 0 Å². The standard InChI is InChI=1S/C14H26N4/c1-6-7-18(10-14(4,5)9-15)13-8-11(2)16-12(3)17-13/h8H,6-7,9-10,15H2,1-5H3. The van der Waals surface area contributed by atoms with Crippen LogP contribution in [-0.2, 0) is 0 Å². The van der Waals surface area contributed by atoms with Crippen molar-refractivity contribution in [2.24, 2.45) is 11.1 Å². The molecule has 102 valence electrons. The largest absolute Gasteiger partial charge is 0.356 e. The predicted octanol–water partition coefficient (Wildman–Crippen LogP) is 2.29. The maximum absolute atomic E-state index is 5.83. The van der Waals surface area contributed by atoms with Crippen molar-refractivity contribution in [2.75, 3.05) is 24.5 Å². The number of aromatic nitrogens is 2. The molecule has 0 unspecified atom stereocenters. The fourth-order valence-electron chi connectivity index (χ4n) is 1.99. The Bertz CT molecular complexity index is 367. The summed E-state index contributed by atoms with van der Waals surface area (Å²) in [5.74, 6) is 1.85. The molecule has 1 rings (SSSR count). The zero-order valence-electron chi connectivity index (χ0n) is 12.3. The first kappa shape index (κ1) is 14.9. The highest BCUT2D eigenvalue weighted by Gasteiger charge is 2.21. The third-order valence-electron chi connectivity index (χ3n) is 2.94. The number of nitrogens with two attached hydrogens (primary N) is 1. The Morgan fingerprint density at radius 1 is 1.28 bits per heavy atom. The van der Waals surface area contributed by atoms with Crippen molar-refractivity contribution < 1.29 is 0 Å². The average molecular weight is 250 g/mol. The molecule has 0 aromatic carbocycles. The molecule has 4 nitrogen and oxygen atoms in total. The molecule has 0 bridgehead atoms. The lowest BCUT2D eigenvalue weighted by Crippen LogP contribution is -2.39. The second kappa shape index (κ2) is 6.14. The van der Waals surface area contributed by atoms with Gasteiger partial charge in [-0.3, -0.25) is 0 Å². The van der Waals surface area contributed by atoms with Crippen LogP contribution in [0.4, 0.5) is 5.82 Å². The zero-order chi connectivity index (χ0) is 13.8. The number of nitrogens with zero attached hydrogens (tertiary/aromatic N) is 3. The van der Waals surface area contributed by atoms with Gasteiger partial charge in [0.05, 0.1) is 0 Å². The summed E-state index contributed by atoms with van der Waals surface area (Å²) in [5.41, 5.74) is 6.95. The van der Waals surface area contributed by atoms with E-state index in [1.54, 1.807) is 0 Å². The quantitative estimate of drug-likeness (QED) is 0.841. The van der Waals surface area contributed by atoms with Gasteiger partial charge in [0.1, 0.15) is 11.6 Å². The minimum Gasteiger partial charge on any atom is -0.356 e. The molecule has 0 fully saturated rings. The first-order valence-electron chi connectivity index (χ1n) is 6.65. The molecule has 0 spiro atoms. The topological polar surface area (TPSA) is 55.0 Å². The molecule has 0 amide bonds. The maximum Gasteiger partial charge on any atom is 0.132 e. The Morgan fingerprint density at radius 2 is 1.94 bits per heavy atom. The number of anilines is 1. The van der Waals surface area contributed by atoms with Gasteiger partial charge in [-0.2, -0.15) is 0 Å². The van der Waals surface area contributed by atoms with Gasteiger partial charge in [-0.25, -0.2) is 9.97 Å². The summed E-state index contributed by atoms with van der Waals surface area (Å²) in [6, 6.07) is 2.05. The van der Waals surface area contributed by atoms with Gasteiger partial charge in [0.25, 0.3) is 0 Å². The van der Waals surface area contributed by atoms with Crippen LogP contribution >= 0.6 is 0 Å². The van der Waals surface area contributed by atoms with Gasteiger partial charge in [0, 0.05) is 24.8 Å². The minimum atomic E-state index is 0.0991. The lowest BCUT2D eigenvalue weighted by Gasteiger charge is -2.32. The van der Waals surface area contributed by atoms with Gasteiger partial charge in [0.15, 0.2) is 0 Å². The van der Waals surface area contributed by atoms with Crippen molar-refractivity contribution in [3.05, 3.63) is 17.6 Å². The summed E-state index contributed by atoms with van der Waals surface area (Å²) in [6.45, 7) is 13.1. The average Bonchev–Trinajstić information content (AvgIpc) is 2.27. The van der Waals surface area contributed by atoms with Gasteiger partial charge in [-0.15, -0.1) is 0 Å². The highest BCUT2D eigenvalue weighted by molar-refractivity contribution is 5.40. The fraction of sp³-hybridized carbons (Fsp3) is 0.714. The molecule has 0 atom stereocenters. The molecule has 1 aromatic heterocycles. The molecular formula is C14H26N4. The predicted molar refractivity (Wildman–Crippen MR) is 76.8 cm³/mol. The van der Waals surface area contributed by atoms with Crippen LogP contribution in [0.25, 0.3) is 0 Å². The summed E-state index contributed by atoms with van der Waals surface area (Å²) in [5, 5.41) is 0. The van der Waals surface area contributed by atoms with Crippen molar-refractivity contribution in [1.82, 2.24) is 9.97 Å². The van der Waals surface area contributed by atoms with Crippen LogP contribution in [-0.4, -0.2) is 29.6 Å². The van der Waals surface area contributed by atoms with Crippen LogP contribution in [0, 0.1) is 19.3 Å². The van der Waals surface area contributed by atoms with E-state index >= 15 is 0 Å². The molecule has 0 radical (unpaired) electrons. The summed E-state index contributed by atoms with van der Waals surface area (Å²) >= 11 is 0. The van der Waals surface area contributed by atoms with Gasteiger partial charge in [-0.1, -0.05) is 20.8 Å². The van der Waals surface area contributed by atoms with Crippen LogP contribution in [0.15, 0.2) is 6.07 Å². The summed E-state index contributed by atoms with van der Waals surface area (Å²) in [6.07, 6.45) is 1.10. The third kappa shape index (κ3) is 4.26. The third-order valence-corrected chi connectivity index (χ3v) is 2.94. The Balaban J connectivity index is 2.96. The molecule has 0 aliphatic carbocycles. The Morgan fingerprint density at radius 3 is 2.44 bits per heavy atom. The molecule has 4 heteroatoms. The van der Waals surface area contributed by atoms with Crippen LogP contribution in [0.5, 0.6) is 0 Å². The molecule has 18 heavy (non-hydrogen) atoms. The Labute approximate surface area is 111 Å². The van der Waals surface area contributed by atoms with Gasteiger partial charge < -0.3 is 10.6 Å². The molecular weight excluding hydrogens is 224 g/mol. The smallest absolute Gasteiger partial charge is 0.132 e.